The molecule has 1 aromatic heterocycles. The standard InChI is InChI=1S/C13H13NO3S3/c1-8(2)17-12(16)10(13-19-6-7-20-13)11(15)14-9-4-3-5-18-9/h3-8H,1-2H3,(H,14,15). The Bertz CT molecular complexity index is 551. The second-order valence-corrected chi connectivity index (χ2v) is 7.09. The molecule has 0 saturated carbocycles. The summed E-state index contributed by atoms with van der Waals surface area (Å²) >= 11 is 4.10. The molecule has 1 aliphatic rings. The average molecular weight is 327 g/mol. The third kappa shape index (κ3) is 3.91. The molecule has 1 amide bonds. The molecule has 4 nitrogen and oxygen atoms in total. The fourth-order valence-corrected chi connectivity index (χ4v) is 3.84. The summed E-state index contributed by atoms with van der Waals surface area (Å²) in [6.45, 7) is 3.51. The minimum absolute atomic E-state index is 0.0621. The molecule has 20 heavy (non-hydrogen) atoms. The number of rotatable bonds is 4. The van der Waals surface area contributed by atoms with Crippen LogP contribution < -0.4 is 5.32 Å². The first-order chi connectivity index (χ1) is 9.58. The van der Waals surface area contributed by atoms with E-state index in [1.165, 1.54) is 34.9 Å². The summed E-state index contributed by atoms with van der Waals surface area (Å²) in [5.41, 5.74) is 0.0621. The molecule has 1 N–H and O–H groups in total. The number of amides is 1. The normalized spacial score (nSPS) is 13.7. The van der Waals surface area contributed by atoms with Gasteiger partial charge in [0.2, 0.25) is 0 Å². The van der Waals surface area contributed by atoms with Gasteiger partial charge in [-0.05, 0) is 42.2 Å². The molecule has 0 atom stereocenters. The van der Waals surface area contributed by atoms with Gasteiger partial charge in [0.25, 0.3) is 5.91 Å². The van der Waals surface area contributed by atoms with E-state index in [1.54, 1.807) is 19.9 Å². The molecule has 0 aromatic carbocycles. The van der Waals surface area contributed by atoms with Crippen molar-refractivity contribution >= 4 is 51.7 Å². The van der Waals surface area contributed by atoms with Crippen molar-refractivity contribution in [2.45, 2.75) is 20.0 Å². The fraction of sp³-hybridized carbons (Fsp3) is 0.231. The van der Waals surface area contributed by atoms with Crippen LogP contribution in [0.1, 0.15) is 13.8 Å². The van der Waals surface area contributed by atoms with Crippen molar-refractivity contribution in [2.75, 3.05) is 5.32 Å². The maximum Gasteiger partial charge on any atom is 0.345 e. The first-order valence-corrected chi connectivity index (χ1v) is 8.50. The average Bonchev–Trinajstić information content (AvgIpc) is 3.01. The van der Waals surface area contributed by atoms with Gasteiger partial charge in [0.1, 0.15) is 5.57 Å². The lowest BCUT2D eigenvalue weighted by Crippen LogP contribution is -2.24. The Balaban J connectivity index is 2.20. The van der Waals surface area contributed by atoms with Crippen molar-refractivity contribution in [1.29, 1.82) is 0 Å². The predicted molar refractivity (Wildman–Crippen MR) is 85.5 cm³/mol. The zero-order chi connectivity index (χ0) is 14.5. The molecule has 2 heterocycles. The lowest BCUT2D eigenvalue weighted by Gasteiger charge is -2.12. The van der Waals surface area contributed by atoms with Gasteiger partial charge < -0.3 is 10.1 Å². The van der Waals surface area contributed by atoms with E-state index >= 15 is 0 Å². The van der Waals surface area contributed by atoms with Gasteiger partial charge in [-0.15, -0.1) is 11.3 Å². The molecular weight excluding hydrogens is 314 g/mol. The van der Waals surface area contributed by atoms with Crippen molar-refractivity contribution in [1.82, 2.24) is 0 Å². The first-order valence-electron chi connectivity index (χ1n) is 5.86. The number of hydrogen-bond acceptors (Lipinski definition) is 6. The molecule has 0 fully saturated rings. The number of carbonyl (C=O) groups excluding carboxylic acids is 2. The topological polar surface area (TPSA) is 55.4 Å². The van der Waals surface area contributed by atoms with Crippen LogP contribution in [-0.2, 0) is 14.3 Å². The zero-order valence-electron chi connectivity index (χ0n) is 10.9. The van der Waals surface area contributed by atoms with E-state index < -0.39 is 11.9 Å². The van der Waals surface area contributed by atoms with E-state index in [9.17, 15) is 9.59 Å². The molecule has 0 radical (unpaired) electrons. The lowest BCUT2D eigenvalue weighted by molar-refractivity contribution is -0.143. The van der Waals surface area contributed by atoms with E-state index in [2.05, 4.69) is 5.32 Å². The molecular formula is C13H13NO3S3. The Labute approximate surface area is 129 Å². The van der Waals surface area contributed by atoms with Crippen LogP contribution >= 0.6 is 34.9 Å². The van der Waals surface area contributed by atoms with Crippen LogP contribution in [-0.4, -0.2) is 18.0 Å². The SMILES string of the molecule is CC(C)OC(=O)C(C(=O)Nc1cccs1)=C1SC=CS1. The van der Waals surface area contributed by atoms with E-state index in [1.807, 2.05) is 22.3 Å². The Hall–Kier alpha value is -1.18. The Morgan fingerprint density at radius 2 is 1.95 bits per heavy atom. The van der Waals surface area contributed by atoms with Gasteiger partial charge in [-0.25, -0.2) is 4.79 Å². The van der Waals surface area contributed by atoms with Crippen LogP contribution in [0.2, 0.25) is 0 Å². The minimum atomic E-state index is -0.590. The number of ether oxygens (including phenoxy) is 1. The van der Waals surface area contributed by atoms with Gasteiger partial charge in [0.05, 0.1) is 15.3 Å². The summed E-state index contributed by atoms with van der Waals surface area (Å²) in [4.78, 5) is 24.4. The number of thioether (sulfide) groups is 2. The number of hydrogen-bond donors (Lipinski definition) is 1. The first kappa shape index (κ1) is 15.2. The molecule has 0 bridgehead atoms. The number of carbonyl (C=O) groups is 2. The summed E-state index contributed by atoms with van der Waals surface area (Å²) in [5, 5.41) is 8.95. The third-order valence-corrected chi connectivity index (χ3v) is 5.06. The highest BCUT2D eigenvalue weighted by molar-refractivity contribution is 8.27. The van der Waals surface area contributed by atoms with Crippen LogP contribution in [0, 0.1) is 0 Å². The summed E-state index contributed by atoms with van der Waals surface area (Å²) < 4.78 is 5.80. The molecule has 106 valence electrons. The summed E-state index contributed by atoms with van der Waals surface area (Å²) in [6.07, 6.45) is -0.267. The van der Waals surface area contributed by atoms with Gasteiger partial charge in [-0.3, -0.25) is 4.79 Å². The molecule has 0 spiro atoms. The fourth-order valence-electron chi connectivity index (χ4n) is 1.39. The van der Waals surface area contributed by atoms with Crippen LogP contribution in [0.25, 0.3) is 0 Å². The van der Waals surface area contributed by atoms with Crippen LogP contribution in [0.4, 0.5) is 5.00 Å². The molecule has 7 heteroatoms. The summed E-state index contributed by atoms with van der Waals surface area (Å²) in [7, 11) is 0. The molecule has 2 rings (SSSR count). The quantitative estimate of drug-likeness (QED) is 0.394. The molecule has 1 aliphatic heterocycles. The highest BCUT2D eigenvalue weighted by atomic mass is 32.2. The van der Waals surface area contributed by atoms with Gasteiger partial charge in [0, 0.05) is 0 Å². The second kappa shape index (κ2) is 7.01. The number of thiophene rings is 1. The van der Waals surface area contributed by atoms with Crippen molar-refractivity contribution < 1.29 is 14.3 Å². The maximum absolute atomic E-state index is 12.3. The number of anilines is 1. The van der Waals surface area contributed by atoms with Crippen molar-refractivity contribution in [3.63, 3.8) is 0 Å². The Kier molecular flexibility index (Phi) is 5.33. The molecule has 0 unspecified atom stereocenters. The van der Waals surface area contributed by atoms with E-state index in [4.69, 9.17) is 4.74 Å². The van der Waals surface area contributed by atoms with Crippen LogP contribution in [0.3, 0.4) is 0 Å². The van der Waals surface area contributed by atoms with Crippen molar-refractivity contribution in [2.24, 2.45) is 0 Å². The van der Waals surface area contributed by atoms with Crippen LogP contribution in [0.15, 0.2) is 38.1 Å². The monoisotopic (exact) mass is 327 g/mol. The van der Waals surface area contributed by atoms with Crippen molar-refractivity contribution in [3.05, 3.63) is 38.1 Å². The predicted octanol–water partition coefficient (Wildman–Crippen LogP) is 3.80. The maximum atomic E-state index is 12.3. The van der Waals surface area contributed by atoms with E-state index in [0.717, 1.165) is 0 Å². The smallest absolute Gasteiger partial charge is 0.345 e. The minimum Gasteiger partial charge on any atom is -0.459 e. The Morgan fingerprint density at radius 3 is 2.50 bits per heavy atom. The van der Waals surface area contributed by atoms with Gasteiger partial charge in [-0.2, -0.15) is 0 Å². The van der Waals surface area contributed by atoms with Crippen LogP contribution in [0.5, 0.6) is 0 Å². The van der Waals surface area contributed by atoms with Gasteiger partial charge >= 0.3 is 5.97 Å². The number of nitrogens with one attached hydrogen (secondary N) is 1. The van der Waals surface area contributed by atoms with E-state index in [-0.39, 0.29) is 11.7 Å². The second-order valence-electron chi connectivity index (χ2n) is 4.06. The lowest BCUT2D eigenvalue weighted by atomic mass is 10.3. The summed E-state index contributed by atoms with van der Waals surface area (Å²) in [5.74, 6) is -1.02. The van der Waals surface area contributed by atoms with E-state index in [0.29, 0.717) is 9.24 Å². The van der Waals surface area contributed by atoms with Crippen molar-refractivity contribution in [3.8, 4) is 0 Å². The summed E-state index contributed by atoms with van der Waals surface area (Å²) in [6, 6.07) is 3.62. The zero-order valence-corrected chi connectivity index (χ0v) is 13.4. The van der Waals surface area contributed by atoms with Gasteiger partial charge in [-0.1, -0.05) is 23.5 Å². The molecule has 1 aromatic rings. The third-order valence-electron chi connectivity index (χ3n) is 2.14. The molecule has 0 saturated heterocycles. The Morgan fingerprint density at radius 1 is 1.25 bits per heavy atom. The molecule has 0 aliphatic carbocycles. The highest BCUT2D eigenvalue weighted by Crippen LogP contribution is 2.40. The number of esters is 1. The van der Waals surface area contributed by atoms with Gasteiger partial charge in [0.15, 0.2) is 0 Å². The highest BCUT2D eigenvalue weighted by Gasteiger charge is 2.27. The largest absolute Gasteiger partial charge is 0.459 e.